The smallest absolute Gasteiger partial charge is 0.153 e. The monoisotopic (exact) mass is 548 g/mol. The second-order valence-electron chi connectivity index (χ2n) is 5.17. The van der Waals surface area contributed by atoms with Gasteiger partial charge in [-0.25, -0.2) is 9.97 Å². The molecule has 0 saturated heterocycles. The van der Waals surface area contributed by atoms with Crippen molar-refractivity contribution in [2.75, 3.05) is 0 Å². The molecule has 4 aromatic rings. The predicted octanol–water partition coefficient (Wildman–Crippen LogP) is 6.40. The third-order valence-electron chi connectivity index (χ3n) is 3.46. The molecule has 0 unspecified atom stereocenters. The predicted molar refractivity (Wildman–Crippen MR) is 113 cm³/mol. The van der Waals surface area contributed by atoms with Crippen LogP contribution in [0.3, 0.4) is 0 Å². The first-order chi connectivity index (χ1) is 10.5. The van der Waals surface area contributed by atoms with Crippen molar-refractivity contribution in [2.24, 2.45) is 0 Å². The van der Waals surface area contributed by atoms with Crippen LogP contribution in [-0.2, 0) is 0 Å². The SMILES string of the molecule is Cc1cc(C)c2nc(-c3nc4c(I)ccc(I)c4s3)sc2c1. The molecule has 0 aliphatic carbocycles. The van der Waals surface area contributed by atoms with E-state index in [4.69, 9.17) is 9.97 Å². The fraction of sp³-hybridized carbons (Fsp3) is 0.125. The van der Waals surface area contributed by atoms with Crippen molar-refractivity contribution in [2.45, 2.75) is 13.8 Å². The van der Waals surface area contributed by atoms with Crippen molar-refractivity contribution in [3.05, 3.63) is 42.5 Å². The Morgan fingerprint density at radius 1 is 0.864 bits per heavy atom. The normalized spacial score (nSPS) is 11.6. The van der Waals surface area contributed by atoms with Gasteiger partial charge in [0.25, 0.3) is 0 Å². The third kappa shape index (κ3) is 2.47. The van der Waals surface area contributed by atoms with Gasteiger partial charge in [0.05, 0.1) is 20.4 Å². The minimum atomic E-state index is 1.02. The molecular weight excluding hydrogens is 538 g/mol. The maximum atomic E-state index is 4.84. The van der Waals surface area contributed by atoms with E-state index in [0.717, 1.165) is 21.0 Å². The van der Waals surface area contributed by atoms with Crippen molar-refractivity contribution in [3.8, 4) is 10.0 Å². The molecule has 0 atom stereocenters. The van der Waals surface area contributed by atoms with Gasteiger partial charge < -0.3 is 0 Å². The molecule has 22 heavy (non-hydrogen) atoms. The van der Waals surface area contributed by atoms with Crippen LogP contribution >= 0.6 is 67.9 Å². The van der Waals surface area contributed by atoms with Crippen LogP contribution < -0.4 is 0 Å². The zero-order valence-corrected chi connectivity index (χ0v) is 17.7. The fourth-order valence-electron chi connectivity index (χ4n) is 2.50. The number of halogens is 2. The first-order valence-electron chi connectivity index (χ1n) is 6.65. The molecule has 0 amide bonds. The molecule has 4 rings (SSSR count). The lowest BCUT2D eigenvalue weighted by molar-refractivity contribution is 1.37. The summed E-state index contributed by atoms with van der Waals surface area (Å²) in [6.45, 7) is 4.26. The first kappa shape index (κ1) is 15.2. The average Bonchev–Trinajstić information content (AvgIpc) is 3.07. The van der Waals surface area contributed by atoms with Crippen molar-refractivity contribution in [1.29, 1.82) is 0 Å². The van der Waals surface area contributed by atoms with E-state index in [-0.39, 0.29) is 0 Å². The van der Waals surface area contributed by atoms with Crippen LogP contribution in [0.2, 0.25) is 0 Å². The van der Waals surface area contributed by atoms with Crippen LogP contribution in [0.1, 0.15) is 11.1 Å². The molecule has 0 N–H and O–H groups in total. The summed E-state index contributed by atoms with van der Waals surface area (Å²) >= 11 is 8.22. The Labute approximate surface area is 163 Å². The number of hydrogen-bond donors (Lipinski definition) is 0. The zero-order valence-electron chi connectivity index (χ0n) is 11.8. The van der Waals surface area contributed by atoms with Gasteiger partial charge in [0.1, 0.15) is 0 Å². The van der Waals surface area contributed by atoms with Gasteiger partial charge in [-0.05, 0) is 88.4 Å². The Morgan fingerprint density at radius 3 is 2.32 bits per heavy atom. The van der Waals surface area contributed by atoms with Crippen molar-refractivity contribution >= 4 is 88.3 Å². The van der Waals surface area contributed by atoms with Gasteiger partial charge in [-0.3, -0.25) is 0 Å². The molecule has 0 aliphatic rings. The number of rotatable bonds is 1. The number of nitrogens with zero attached hydrogens (tertiary/aromatic N) is 2. The summed E-state index contributed by atoms with van der Waals surface area (Å²) in [4.78, 5) is 9.68. The molecular formula is C16H10I2N2S2. The van der Waals surface area contributed by atoms with Gasteiger partial charge in [-0.1, -0.05) is 6.07 Å². The highest BCUT2D eigenvalue weighted by Gasteiger charge is 2.15. The largest absolute Gasteiger partial charge is 0.233 e. The molecule has 2 heterocycles. The lowest BCUT2D eigenvalue weighted by atomic mass is 10.1. The molecule has 0 bridgehead atoms. The first-order valence-corrected chi connectivity index (χ1v) is 10.4. The van der Waals surface area contributed by atoms with Crippen LogP contribution in [-0.4, -0.2) is 9.97 Å². The number of fused-ring (bicyclic) bond motifs is 2. The lowest BCUT2D eigenvalue weighted by Crippen LogP contribution is -1.80. The Balaban J connectivity index is 1.97. The summed E-state index contributed by atoms with van der Waals surface area (Å²) in [7, 11) is 0. The van der Waals surface area contributed by atoms with Gasteiger partial charge in [0, 0.05) is 7.14 Å². The Hall–Kier alpha value is -0.320. The second kappa shape index (κ2) is 5.64. The fourth-order valence-corrected chi connectivity index (χ4v) is 6.17. The van der Waals surface area contributed by atoms with Gasteiger partial charge in [0.15, 0.2) is 10.0 Å². The summed E-state index contributed by atoms with van der Waals surface area (Å²) in [5.74, 6) is 0. The topological polar surface area (TPSA) is 25.8 Å². The molecule has 2 nitrogen and oxygen atoms in total. The highest BCUT2D eigenvalue weighted by Crippen LogP contribution is 2.38. The maximum absolute atomic E-state index is 4.84. The summed E-state index contributed by atoms with van der Waals surface area (Å²) in [6.07, 6.45) is 0. The van der Waals surface area contributed by atoms with Gasteiger partial charge in [0.2, 0.25) is 0 Å². The van der Waals surface area contributed by atoms with E-state index in [0.29, 0.717) is 0 Å². The Morgan fingerprint density at radius 2 is 1.55 bits per heavy atom. The maximum Gasteiger partial charge on any atom is 0.153 e. The summed E-state index contributed by atoms with van der Waals surface area (Å²) in [5, 5.41) is 2.05. The van der Waals surface area contributed by atoms with Gasteiger partial charge in [-0.2, -0.15) is 0 Å². The lowest BCUT2D eigenvalue weighted by Gasteiger charge is -1.95. The standard InChI is InChI=1S/C16H10I2N2S2/c1-7-5-8(2)12-11(6-7)21-15(19-12)16-20-13-9(17)3-4-10(18)14(13)22-16/h3-6H,1-2H3. The van der Waals surface area contributed by atoms with Crippen LogP contribution in [0.25, 0.3) is 30.4 Å². The van der Waals surface area contributed by atoms with Crippen LogP contribution in [0.4, 0.5) is 0 Å². The molecule has 110 valence electrons. The number of hydrogen-bond acceptors (Lipinski definition) is 4. The average molecular weight is 548 g/mol. The van der Waals surface area contributed by atoms with Gasteiger partial charge >= 0.3 is 0 Å². The molecule has 2 aromatic carbocycles. The summed E-state index contributed by atoms with van der Waals surface area (Å²) in [5.41, 5.74) is 4.73. The third-order valence-corrected chi connectivity index (χ3v) is 7.83. The highest BCUT2D eigenvalue weighted by atomic mass is 127. The minimum Gasteiger partial charge on any atom is -0.233 e. The van der Waals surface area contributed by atoms with Crippen molar-refractivity contribution < 1.29 is 0 Å². The van der Waals surface area contributed by atoms with Gasteiger partial charge in [-0.15, -0.1) is 22.7 Å². The van der Waals surface area contributed by atoms with Crippen molar-refractivity contribution in [3.63, 3.8) is 0 Å². The van der Waals surface area contributed by atoms with Crippen molar-refractivity contribution in [1.82, 2.24) is 9.97 Å². The number of aryl methyl sites for hydroxylation is 2. The van der Waals surface area contributed by atoms with Crippen LogP contribution in [0, 0.1) is 21.0 Å². The molecule has 2 aromatic heterocycles. The minimum absolute atomic E-state index is 1.02. The molecule has 0 spiro atoms. The second-order valence-corrected chi connectivity index (χ2v) is 9.53. The summed E-state index contributed by atoms with van der Waals surface area (Å²) < 4.78 is 4.96. The van der Waals surface area contributed by atoms with E-state index in [2.05, 4.69) is 83.3 Å². The van der Waals surface area contributed by atoms with E-state index in [1.807, 2.05) is 0 Å². The highest BCUT2D eigenvalue weighted by molar-refractivity contribution is 14.1. The molecule has 0 fully saturated rings. The van der Waals surface area contributed by atoms with E-state index in [1.54, 1.807) is 22.7 Å². The van der Waals surface area contributed by atoms with E-state index >= 15 is 0 Å². The van der Waals surface area contributed by atoms with E-state index < -0.39 is 0 Å². The van der Waals surface area contributed by atoms with Crippen LogP contribution in [0.5, 0.6) is 0 Å². The zero-order chi connectivity index (χ0) is 15.4. The molecule has 6 heteroatoms. The van der Waals surface area contributed by atoms with Crippen LogP contribution in [0.15, 0.2) is 24.3 Å². The van der Waals surface area contributed by atoms with E-state index in [9.17, 15) is 0 Å². The number of thiazole rings is 2. The van der Waals surface area contributed by atoms with E-state index in [1.165, 1.54) is 27.7 Å². The molecule has 0 saturated carbocycles. The number of aromatic nitrogens is 2. The molecule has 0 aliphatic heterocycles. The Kier molecular flexibility index (Phi) is 3.90. The Bertz CT molecular complexity index is 995. The summed E-state index contributed by atoms with van der Waals surface area (Å²) in [6, 6.07) is 8.68. The molecule has 0 radical (unpaired) electrons. The number of benzene rings is 2. The quantitative estimate of drug-likeness (QED) is 0.258.